The van der Waals surface area contributed by atoms with Crippen molar-refractivity contribution in [2.75, 3.05) is 6.54 Å². The topological polar surface area (TPSA) is 24.9 Å². The highest BCUT2D eigenvalue weighted by Gasteiger charge is 2.32. The van der Waals surface area contributed by atoms with E-state index in [4.69, 9.17) is 4.98 Å². The van der Waals surface area contributed by atoms with E-state index in [0.29, 0.717) is 0 Å². The van der Waals surface area contributed by atoms with E-state index in [1.165, 1.54) is 60.5 Å². The van der Waals surface area contributed by atoms with Crippen LogP contribution in [0.5, 0.6) is 0 Å². The molecule has 3 rings (SSSR count). The van der Waals surface area contributed by atoms with Gasteiger partial charge in [0.25, 0.3) is 0 Å². The van der Waals surface area contributed by atoms with Gasteiger partial charge < -0.3 is 5.32 Å². The minimum atomic E-state index is 0.756. The normalized spacial score (nSPS) is 26.9. The molecule has 0 saturated heterocycles. The molecule has 2 nitrogen and oxygen atoms in total. The lowest BCUT2D eigenvalue weighted by molar-refractivity contribution is 0.314. The van der Waals surface area contributed by atoms with Crippen molar-refractivity contribution < 1.29 is 0 Å². The zero-order valence-corrected chi connectivity index (χ0v) is 13.8. The molecule has 0 amide bonds. The van der Waals surface area contributed by atoms with Gasteiger partial charge in [-0.3, -0.25) is 0 Å². The zero-order valence-electron chi connectivity index (χ0n) is 13.0. The van der Waals surface area contributed by atoms with Crippen molar-refractivity contribution in [1.29, 1.82) is 0 Å². The highest BCUT2D eigenvalue weighted by atomic mass is 32.1. The Kier molecular flexibility index (Phi) is 4.77. The summed E-state index contributed by atoms with van der Waals surface area (Å²) in [6, 6.07) is 0. The van der Waals surface area contributed by atoms with Crippen LogP contribution in [0.15, 0.2) is 0 Å². The molecule has 20 heavy (non-hydrogen) atoms. The number of hydrogen-bond donors (Lipinski definition) is 1. The van der Waals surface area contributed by atoms with Crippen molar-refractivity contribution in [3.63, 3.8) is 0 Å². The van der Waals surface area contributed by atoms with E-state index in [1.54, 1.807) is 0 Å². The second-order valence-corrected chi connectivity index (χ2v) is 7.67. The molecular weight excluding hydrogens is 264 g/mol. The molecule has 2 atom stereocenters. The van der Waals surface area contributed by atoms with Gasteiger partial charge in [-0.15, -0.1) is 11.3 Å². The Morgan fingerprint density at radius 1 is 1.15 bits per heavy atom. The van der Waals surface area contributed by atoms with Crippen LogP contribution < -0.4 is 5.32 Å². The average Bonchev–Trinajstić information content (AvgIpc) is 3.25. The lowest BCUT2D eigenvalue weighted by Gasteiger charge is -2.26. The number of rotatable bonds is 6. The van der Waals surface area contributed by atoms with Gasteiger partial charge in [0.15, 0.2) is 0 Å². The van der Waals surface area contributed by atoms with Gasteiger partial charge in [0.2, 0.25) is 0 Å². The predicted octanol–water partition coefficient (Wildman–Crippen LogP) is 4.81. The molecule has 1 aromatic rings. The third kappa shape index (κ3) is 3.25. The van der Waals surface area contributed by atoms with Crippen LogP contribution in [0.3, 0.4) is 0 Å². The van der Waals surface area contributed by atoms with Gasteiger partial charge in [0.05, 0.1) is 10.7 Å². The van der Waals surface area contributed by atoms with Gasteiger partial charge in [0.1, 0.15) is 0 Å². The maximum atomic E-state index is 5.10. The monoisotopic (exact) mass is 292 g/mol. The van der Waals surface area contributed by atoms with Gasteiger partial charge in [-0.05, 0) is 38.1 Å². The summed E-state index contributed by atoms with van der Waals surface area (Å²) in [5, 5.41) is 4.95. The van der Waals surface area contributed by atoms with E-state index in [2.05, 4.69) is 19.2 Å². The Bertz CT molecular complexity index is 436. The number of hydrogen-bond acceptors (Lipinski definition) is 3. The van der Waals surface area contributed by atoms with E-state index < -0.39 is 0 Å². The fourth-order valence-electron chi connectivity index (χ4n) is 3.48. The van der Waals surface area contributed by atoms with Gasteiger partial charge in [-0.2, -0.15) is 0 Å². The molecule has 2 unspecified atom stereocenters. The molecule has 2 saturated carbocycles. The smallest absolute Gasteiger partial charge is 0.0962 e. The summed E-state index contributed by atoms with van der Waals surface area (Å²) in [6.45, 7) is 6.62. The first-order valence-electron chi connectivity index (χ1n) is 8.52. The summed E-state index contributed by atoms with van der Waals surface area (Å²) in [5.41, 5.74) is 1.45. The van der Waals surface area contributed by atoms with Crippen LogP contribution in [0, 0.1) is 5.92 Å². The third-order valence-electron chi connectivity index (χ3n) is 4.95. The minimum absolute atomic E-state index is 0.756. The van der Waals surface area contributed by atoms with Crippen molar-refractivity contribution in [2.24, 2.45) is 5.92 Å². The first kappa shape index (κ1) is 14.5. The molecule has 112 valence electrons. The van der Waals surface area contributed by atoms with Gasteiger partial charge in [-0.25, -0.2) is 4.98 Å². The number of thiazole rings is 1. The Labute approximate surface area is 127 Å². The number of nitrogens with zero attached hydrogens (tertiary/aromatic N) is 1. The second-order valence-electron chi connectivity index (χ2n) is 6.55. The molecule has 0 aromatic carbocycles. The van der Waals surface area contributed by atoms with E-state index in [-0.39, 0.29) is 0 Å². The van der Waals surface area contributed by atoms with Crippen molar-refractivity contribution in [2.45, 2.75) is 77.2 Å². The van der Waals surface area contributed by atoms with E-state index >= 15 is 0 Å². The van der Waals surface area contributed by atoms with Crippen molar-refractivity contribution in [1.82, 2.24) is 10.3 Å². The Balaban J connectivity index is 1.75. The molecule has 0 aliphatic heterocycles. The number of nitrogens with one attached hydrogen (secondary N) is 1. The highest BCUT2D eigenvalue weighted by Crippen LogP contribution is 2.46. The summed E-state index contributed by atoms with van der Waals surface area (Å²) in [4.78, 5) is 6.63. The van der Waals surface area contributed by atoms with Crippen LogP contribution in [-0.4, -0.2) is 11.5 Å². The molecule has 1 heterocycles. The summed E-state index contributed by atoms with van der Waals surface area (Å²) >= 11 is 2.01. The lowest BCUT2D eigenvalue weighted by atomic mass is 9.80. The van der Waals surface area contributed by atoms with Crippen LogP contribution in [0.4, 0.5) is 0 Å². The molecule has 0 radical (unpaired) electrons. The Morgan fingerprint density at radius 2 is 2.00 bits per heavy atom. The third-order valence-corrected chi connectivity index (χ3v) is 6.19. The van der Waals surface area contributed by atoms with Crippen LogP contribution >= 0.6 is 11.3 Å². The van der Waals surface area contributed by atoms with E-state index in [0.717, 1.165) is 30.8 Å². The largest absolute Gasteiger partial charge is 0.312 e. The van der Waals surface area contributed by atoms with Crippen molar-refractivity contribution in [3.05, 3.63) is 15.6 Å². The lowest BCUT2D eigenvalue weighted by Crippen LogP contribution is -2.13. The second kappa shape index (κ2) is 6.57. The fourth-order valence-corrected chi connectivity index (χ4v) is 4.75. The maximum Gasteiger partial charge on any atom is 0.0962 e. The Morgan fingerprint density at radius 3 is 2.70 bits per heavy atom. The molecular formula is C17H28N2S. The minimum Gasteiger partial charge on any atom is -0.312 e. The highest BCUT2D eigenvalue weighted by molar-refractivity contribution is 7.11. The molecule has 0 spiro atoms. The average molecular weight is 292 g/mol. The zero-order chi connectivity index (χ0) is 13.9. The maximum absolute atomic E-state index is 5.10. The quantitative estimate of drug-likeness (QED) is 0.813. The molecule has 0 bridgehead atoms. The van der Waals surface area contributed by atoms with E-state index in [1.807, 2.05) is 11.3 Å². The van der Waals surface area contributed by atoms with Crippen LogP contribution in [0.1, 0.15) is 86.2 Å². The summed E-state index contributed by atoms with van der Waals surface area (Å²) in [7, 11) is 0. The summed E-state index contributed by atoms with van der Waals surface area (Å²) in [5.74, 6) is 2.49. The molecule has 1 N–H and O–H groups in total. The van der Waals surface area contributed by atoms with Crippen molar-refractivity contribution in [3.8, 4) is 0 Å². The van der Waals surface area contributed by atoms with Gasteiger partial charge >= 0.3 is 0 Å². The summed E-state index contributed by atoms with van der Waals surface area (Å²) < 4.78 is 0. The van der Waals surface area contributed by atoms with Gasteiger partial charge in [-0.1, -0.05) is 33.1 Å². The van der Waals surface area contributed by atoms with Crippen LogP contribution in [0.2, 0.25) is 0 Å². The SMILES string of the molecule is CCNCc1sc(C2CCCC(CC)C2)nc1C1CC1. The van der Waals surface area contributed by atoms with Gasteiger partial charge in [0, 0.05) is 23.3 Å². The molecule has 3 heteroatoms. The molecule has 2 fully saturated rings. The van der Waals surface area contributed by atoms with E-state index in [9.17, 15) is 0 Å². The summed E-state index contributed by atoms with van der Waals surface area (Å²) in [6.07, 6.45) is 9.68. The van der Waals surface area contributed by atoms with Crippen LogP contribution in [0.25, 0.3) is 0 Å². The molecule has 1 aromatic heterocycles. The Hall–Kier alpha value is -0.410. The van der Waals surface area contributed by atoms with Crippen molar-refractivity contribution >= 4 is 11.3 Å². The number of aromatic nitrogens is 1. The predicted molar refractivity (Wildman–Crippen MR) is 86.5 cm³/mol. The standard InChI is InChI=1S/C17H28N2S/c1-3-12-6-5-7-14(10-12)17-19-16(13-8-9-13)15(20-17)11-18-4-2/h12-14,18H,3-11H2,1-2H3. The fraction of sp³-hybridized carbons (Fsp3) is 0.824. The van der Waals surface area contributed by atoms with Crippen LogP contribution in [-0.2, 0) is 6.54 Å². The molecule has 2 aliphatic rings. The first-order chi connectivity index (χ1) is 9.81. The molecule has 2 aliphatic carbocycles. The first-order valence-corrected chi connectivity index (χ1v) is 9.33.